The summed E-state index contributed by atoms with van der Waals surface area (Å²) in [6, 6.07) is 8.04. The van der Waals surface area contributed by atoms with Crippen LogP contribution in [0.3, 0.4) is 0 Å². The molecule has 3 rings (SSSR count). The first kappa shape index (κ1) is 13.8. The molecule has 21 heavy (non-hydrogen) atoms. The van der Waals surface area contributed by atoms with E-state index in [2.05, 4.69) is 5.32 Å². The van der Waals surface area contributed by atoms with Crippen LogP contribution in [0, 0.1) is 17.1 Å². The molecule has 106 valence electrons. The van der Waals surface area contributed by atoms with Crippen LogP contribution in [0.15, 0.2) is 29.6 Å². The van der Waals surface area contributed by atoms with Gasteiger partial charge in [-0.1, -0.05) is 6.07 Å². The summed E-state index contributed by atoms with van der Waals surface area (Å²) in [5.74, 6) is -0.999. The Balaban J connectivity index is 1.86. The van der Waals surface area contributed by atoms with E-state index in [1.54, 1.807) is 23.5 Å². The van der Waals surface area contributed by atoms with Crippen LogP contribution in [0.5, 0.6) is 0 Å². The lowest BCUT2D eigenvalue weighted by Crippen LogP contribution is -2.24. The van der Waals surface area contributed by atoms with Crippen LogP contribution in [-0.2, 0) is 11.2 Å². The second-order valence-corrected chi connectivity index (χ2v) is 6.01. The number of halogens is 1. The zero-order valence-electron chi connectivity index (χ0n) is 11.2. The second kappa shape index (κ2) is 5.66. The van der Waals surface area contributed by atoms with Gasteiger partial charge in [0.05, 0.1) is 11.6 Å². The number of hydrogen-bond acceptors (Lipinski definition) is 3. The van der Waals surface area contributed by atoms with E-state index < -0.39 is 5.82 Å². The number of anilines is 1. The number of aryl methyl sites for hydroxylation is 1. The van der Waals surface area contributed by atoms with E-state index in [9.17, 15) is 9.18 Å². The van der Waals surface area contributed by atoms with Gasteiger partial charge in [-0.2, -0.15) is 5.26 Å². The summed E-state index contributed by atoms with van der Waals surface area (Å²) in [6.07, 6.45) is 2.77. The van der Waals surface area contributed by atoms with Crippen molar-refractivity contribution >= 4 is 22.9 Å². The summed E-state index contributed by atoms with van der Waals surface area (Å²) in [5, 5.41) is 13.7. The fourth-order valence-corrected chi connectivity index (χ4v) is 3.71. The largest absolute Gasteiger partial charge is 0.324 e. The van der Waals surface area contributed by atoms with Gasteiger partial charge in [-0.3, -0.25) is 4.79 Å². The Bertz CT molecular complexity index is 732. The van der Waals surface area contributed by atoms with Gasteiger partial charge in [0, 0.05) is 4.88 Å². The summed E-state index contributed by atoms with van der Waals surface area (Å²) < 4.78 is 13.6. The van der Waals surface area contributed by atoms with Crippen LogP contribution in [0.2, 0.25) is 0 Å². The molecule has 0 bridgehead atoms. The fourth-order valence-electron chi connectivity index (χ4n) is 2.72. The number of fused-ring (bicyclic) bond motifs is 1. The predicted molar refractivity (Wildman–Crippen MR) is 79.7 cm³/mol. The normalized spacial score (nSPS) is 16.9. The molecule has 1 heterocycles. The van der Waals surface area contributed by atoms with Crippen LogP contribution in [0.1, 0.15) is 34.8 Å². The molecule has 5 heteroatoms. The van der Waals surface area contributed by atoms with Gasteiger partial charge in [0.2, 0.25) is 5.91 Å². The molecule has 1 aliphatic rings. The van der Waals surface area contributed by atoms with E-state index in [4.69, 9.17) is 5.26 Å². The molecule has 3 nitrogen and oxygen atoms in total. The van der Waals surface area contributed by atoms with Crippen molar-refractivity contribution < 1.29 is 9.18 Å². The van der Waals surface area contributed by atoms with Gasteiger partial charge in [0.25, 0.3) is 0 Å². The SMILES string of the molecule is N#Cc1c(F)cccc1NC(=O)C1CCCc2sccc21. The van der Waals surface area contributed by atoms with Crippen molar-refractivity contribution in [2.24, 2.45) is 0 Å². The molecule has 1 aromatic heterocycles. The molecule has 1 N–H and O–H groups in total. The molecule has 2 aromatic rings. The Labute approximate surface area is 126 Å². The highest BCUT2D eigenvalue weighted by Crippen LogP contribution is 2.35. The van der Waals surface area contributed by atoms with E-state index >= 15 is 0 Å². The number of amides is 1. The monoisotopic (exact) mass is 300 g/mol. The standard InChI is InChI=1S/C16H13FN2OS/c17-13-4-2-5-14(12(13)9-18)19-16(20)11-3-1-6-15-10(11)7-8-21-15/h2,4-5,7-8,11H,1,3,6H2,(H,19,20). The number of nitrogens with one attached hydrogen (secondary N) is 1. The zero-order chi connectivity index (χ0) is 14.8. The number of carbonyl (C=O) groups excluding carboxylic acids is 1. The van der Waals surface area contributed by atoms with Gasteiger partial charge in [-0.15, -0.1) is 11.3 Å². The smallest absolute Gasteiger partial charge is 0.231 e. The minimum atomic E-state index is -0.616. The Hall–Kier alpha value is -2.19. The maximum Gasteiger partial charge on any atom is 0.231 e. The van der Waals surface area contributed by atoms with Gasteiger partial charge in [-0.25, -0.2) is 4.39 Å². The van der Waals surface area contributed by atoms with Crippen LogP contribution < -0.4 is 5.32 Å². The van der Waals surface area contributed by atoms with Crippen LogP contribution in [-0.4, -0.2) is 5.91 Å². The topological polar surface area (TPSA) is 52.9 Å². The highest BCUT2D eigenvalue weighted by Gasteiger charge is 2.27. The summed E-state index contributed by atoms with van der Waals surface area (Å²) in [4.78, 5) is 13.7. The van der Waals surface area contributed by atoms with Gasteiger partial charge in [0.1, 0.15) is 17.4 Å². The van der Waals surface area contributed by atoms with Gasteiger partial charge in [-0.05, 0) is 48.4 Å². The van der Waals surface area contributed by atoms with E-state index in [1.807, 2.05) is 11.4 Å². The first-order valence-electron chi connectivity index (χ1n) is 6.76. The number of benzene rings is 1. The summed E-state index contributed by atoms with van der Waals surface area (Å²) in [6.45, 7) is 0. The minimum Gasteiger partial charge on any atom is -0.324 e. The van der Waals surface area contributed by atoms with Gasteiger partial charge < -0.3 is 5.32 Å². The number of rotatable bonds is 2. The summed E-state index contributed by atoms with van der Waals surface area (Å²) in [5.41, 5.74) is 1.19. The Morgan fingerprint density at radius 2 is 2.29 bits per heavy atom. The molecule has 0 spiro atoms. The minimum absolute atomic E-state index is 0.118. The highest BCUT2D eigenvalue weighted by atomic mass is 32.1. The predicted octanol–water partition coefficient (Wildman–Crippen LogP) is 3.82. The van der Waals surface area contributed by atoms with E-state index in [-0.39, 0.29) is 23.1 Å². The summed E-state index contributed by atoms with van der Waals surface area (Å²) >= 11 is 1.67. The molecular formula is C16H13FN2OS. The molecular weight excluding hydrogens is 287 g/mol. The number of carbonyl (C=O) groups is 1. The van der Waals surface area contributed by atoms with E-state index in [0.29, 0.717) is 0 Å². The molecule has 0 saturated heterocycles. The lowest BCUT2D eigenvalue weighted by atomic mass is 9.87. The molecule has 1 unspecified atom stereocenters. The van der Waals surface area contributed by atoms with E-state index in [0.717, 1.165) is 24.8 Å². The Morgan fingerprint density at radius 1 is 1.43 bits per heavy atom. The maximum atomic E-state index is 13.6. The van der Waals surface area contributed by atoms with E-state index in [1.165, 1.54) is 17.0 Å². The number of nitrogens with zero attached hydrogens (tertiary/aromatic N) is 1. The Morgan fingerprint density at radius 3 is 3.10 bits per heavy atom. The average Bonchev–Trinajstić information content (AvgIpc) is 2.95. The zero-order valence-corrected chi connectivity index (χ0v) is 12.0. The second-order valence-electron chi connectivity index (χ2n) is 5.01. The lowest BCUT2D eigenvalue weighted by molar-refractivity contribution is -0.117. The van der Waals surface area contributed by atoms with Crippen LogP contribution >= 0.6 is 11.3 Å². The van der Waals surface area contributed by atoms with Crippen LogP contribution in [0.4, 0.5) is 10.1 Å². The molecule has 1 aliphatic carbocycles. The van der Waals surface area contributed by atoms with Crippen molar-refractivity contribution in [2.45, 2.75) is 25.2 Å². The first-order valence-corrected chi connectivity index (χ1v) is 7.64. The molecule has 0 saturated carbocycles. The third kappa shape index (κ3) is 2.55. The molecule has 0 radical (unpaired) electrons. The number of hydrogen-bond donors (Lipinski definition) is 1. The van der Waals surface area contributed by atoms with Crippen molar-refractivity contribution in [3.63, 3.8) is 0 Å². The molecule has 1 atom stereocenters. The maximum absolute atomic E-state index is 13.6. The van der Waals surface area contributed by atoms with Crippen molar-refractivity contribution in [1.29, 1.82) is 5.26 Å². The highest BCUT2D eigenvalue weighted by molar-refractivity contribution is 7.10. The average molecular weight is 300 g/mol. The first-order chi connectivity index (χ1) is 10.2. The molecule has 0 aliphatic heterocycles. The third-order valence-electron chi connectivity index (χ3n) is 3.75. The number of thiophene rings is 1. The summed E-state index contributed by atoms with van der Waals surface area (Å²) in [7, 11) is 0. The van der Waals surface area contributed by atoms with Crippen LogP contribution in [0.25, 0.3) is 0 Å². The molecule has 1 aromatic carbocycles. The van der Waals surface area contributed by atoms with Crippen molar-refractivity contribution in [3.05, 3.63) is 51.5 Å². The van der Waals surface area contributed by atoms with Gasteiger partial charge in [0.15, 0.2) is 0 Å². The van der Waals surface area contributed by atoms with Crippen molar-refractivity contribution in [1.82, 2.24) is 0 Å². The molecule has 0 fully saturated rings. The fraction of sp³-hybridized carbons (Fsp3) is 0.250. The van der Waals surface area contributed by atoms with Gasteiger partial charge >= 0.3 is 0 Å². The molecule has 1 amide bonds. The quantitative estimate of drug-likeness (QED) is 0.916. The van der Waals surface area contributed by atoms with Crippen molar-refractivity contribution in [2.75, 3.05) is 5.32 Å². The van der Waals surface area contributed by atoms with Crippen molar-refractivity contribution in [3.8, 4) is 6.07 Å². The Kier molecular flexibility index (Phi) is 3.72. The third-order valence-corrected chi connectivity index (χ3v) is 4.75. The number of nitriles is 1. The lowest BCUT2D eigenvalue weighted by Gasteiger charge is -2.22.